The average molecular weight is 369 g/mol. The normalized spacial score (nSPS) is 15.5. The molecule has 1 fully saturated rings. The van der Waals surface area contributed by atoms with Crippen LogP contribution in [0.15, 0.2) is 42.7 Å². The van der Waals surface area contributed by atoms with E-state index in [1.165, 1.54) is 5.56 Å². The molecule has 2 aromatic heterocycles. The Morgan fingerprint density at radius 2 is 2.08 bits per heavy atom. The van der Waals surface area contributed by atoms with Gasteiger partial charge in [0.1, 0.15) is 5.82 Å². The van der Waals surface area contributed by atoms with Crippen molar-refractivity contribution in [2.24, 2.45) is 0 Å². The summed E-state index contributed by atoms with van der Waals surface area (Å²) in [5.41, 5.74) is 8.87. The van der Waals surface area contributed by atoms with Crippen molar-refractivity contribution < 1.29 is 4.79 Å². The van der Waals surface area contributed by atoms with E-state index >= 15 is 0 Å². The number of pyridine rings is 1. The smallest absolute Gasteiger partial charge is 0.227 e. The standard InChI is InChI=1S/C20H21ClN4O/c21-16-2-3-18-17(10-16)15(12-23-18)9-20(26)25-7-5-13(6-8-25)14-1-4-19(22)24-11-14/h1-4,10-13,23H,5-9H2,(H2,22,24). The number of anilines is 1. The van der Waals surface area contributed by atoms with Gasteiger partial charge in [0, 0.05) is 41.4 Å². The van der Waals surface area contributed by atoms with E-state index < -0.39 is 0 Å². The third-order valence-corrected chi connectivity index (χ3v) is 5.43. The minimum atomic E-state index is 0.166. The van der Waals surface area contributed by atoms with Crippen molar-refractivity contribution in [3.8, 4) is 0 Å². The lowest BCUT2D eigenvalue weighted by molar-refractivity contribution is -0.131. The first-order valence-corrected chi connectivity index (χ1v) is 9.22. The lowest BCUT2D eigenvalue weighted by Gasteiger charge is -2.32. The molecule has 1 amide bonds. The van der Waals surface area contributed by atoms with E-state index in [2.05, 4.69) is 9.97 Å². The molecule has 1 aliphatic heterocycles. The number of hydrogen-bond donors (Lipinski definition) is 2. The van der Waals surface area contributed by atoms with Gasteiger partial charge in [0.25, 0.3) is 0 Å². The van der Waals surface area contributed by atoms with E-state index in [0.29, 0.717) is 23.2 Å². The molecule has 3 aromatic rings. The van der Waals surface area contributed by atoms with Crippen LogP contribution in [0, 0.1) is 0 Å². The monoisotopic (exact) mass is 368 g/mol. The van der Waals surface area contributed by atoms with Gasteiger partial charge in [-0.15, -0.1) is 0 Å². The maximum absolute atomic E-state index is 12.7. The number of nitrogens with one attached hydrogen (secondary N) is 1. The minimum absolute atomic E-state index is 0.166. The highest BCUT2D eigenvalue weighted by molar-refractivity contribution is 6.31. The molecule has 1 saturated heterocycles. The van der Waals surface area contributed by atoms with E-state index in [1.54, 1.807) is 0 Å². The van der Waals surface area contributed by atoms with E-state index in [1.807, 2.05) is 47.6 Å². The third-order valence-electron chi connectivity index (χ3n) is 5.20. The second-order valence-electron chi connectivity index (χ2n) is 6.85. The third kappa shape index (κ3) is 3.40. The van der Waals surface area contributed by atoms with Gasteiger partial charge in [0.05, 0.1) is 6.42 Å². The number of likely N-dealkylation sites (tertiary alicyclic amines) is 1. The summed E-state index contributed by atoms with van der Waals surface area (Å²) in [4.78, 5) is 22.1. The second kappa shape index (κ2) is 7.00. The molecule has 3 N–H and O–H groups in total. The number of piperidine rings is 1. The number of fused-ring (bicyclic) bond motifs is 1. The highest BCUT2D eigenvalue weighted by atomic mass is 35.5. The zero-order valence-electron chi connectivity index (χ0n) is 14.4. The average Bonchev–Trinajstić information content (AvgIpc) is 3.04. The molecule has 6 heteroatoms. The van der Waals surface area contributed by atoms with Crippen molar-refractivity contribution in [3.63, 3.8) is 0 Å². The van der Waals surface area contributed by atoms with Crippen LogP contribution >= 0.6 is 11.6 Å². The summed E-state index contributed by atoms with van der Waals surface area (Å²) in [7, 11) is 0. The summed E-state index contributed by atoms with van der Waals surface area (Å²) < 4.78 is 0. The Hall–Kier alpha value is -2.53. The number of rotatable bonds is 3. The van der Waals surface area contributed by atoms with Crippen LogP contribution in [0.2, 0.25) is 5.02 Å². The molecule has 134 valence electrons. The van der Waals surface area contributed by atoms with Gasteiger partial charge in [0.15, 0.2) is 0 Å². The molecule has 26 heavy (non-hydrogen) atoms. The van der Waals surface area contributed by atoms with Crippen LogP contribution in [0.25, 0.3) is 10.9 Å². The molecule has 1 aromatic carbocycles. The lowest BCUT2D eigenvalue weighted by Crippen LogP contribution is -2.38. The first-order chi connectivity index (χ1) is 12.6. The van der Waals surface area contributed by atoms with Gasteiger partial charge >= 0.3 is 0 Å². The SMILES string of the molecule is Nc1ccc(C2CCN(C(=O)Cc3c[nH]c4ccc(Cl)cc34)CC2)cn1. The van der Waals surface area contributed by atoms with E-state index in [-0.39, 0.29) is 5.91 Å². The molecule has 0 saturated carbocycles. The van der Waals surface area contributed by atoms with Gasteiger partial charge in [-0.3, -0.25) is 4.79 Å². The molecule has 1 aliphatic rings. The van der Waals surface area contributed by atoms with Crippen molar-refractivity contribution in [1.29, 1.82) is 0 Å². The van der Waals surface area contributed by atoms with Crippen LogP contribution in [0.5, 0.6) is 0 Å². The lowest BCUT2D eigenvalue weighted by atomic mass is 9.90. The van der Waals surface area contributed by atoms with E-state index in [9.17, 15) is 4.79 Å². The topological polar surface area (TPSA) is 75.0 Å². The molecule has 0 bridgehead atoms. The molecule has 3 heterocycles. The summed E-state index contributed by atoms with van der Waals surface area (Å²) in [6.07, 6.45) is 6.07. The van der Waals surface area contributed by atoms with Gasteiger partial charge in [0.2, 0.25) is 5.91 Å². The molecule has 0 unspecified atom stereocenters. The Kier molecular flexibility index (Phi) is 4.55. The first-order valence-electron chi connectivity index (χ1n) is 8.85. The predicted octanol–water partition coefficient (Wildman–Crippen LogP) is 3.75. The van der Waals surface area contributed by atoms with Gasteiger partial charge in [-0.1, -0.05) is 17.7 Å². The van der Waals surface area contributed by atoms with Crippen LogP contribution in [-0.2, 0) is 11.2 Å². The van der Waals surface area contributed by atoms with Crippen molar-refractivity contribution >= 4 is 34.2 Å². The molecule has 0 spiro atoms. The molecular formula is C20H21ClN4O. The molecule has 0 radical (unpaired) electrons. The number of amides is 1. The molecule has 0 aliphatic carbocycles. The zero-order chi connectivity index (χ0) is 18.1. The summed E-state index contributed by atoms with van der Waals surface area (Å²) in [5, 5.41) is 1.71. The van der Waals surface area contributed by atoms with Crippen molar-refractivity contribution in [2.45, 2.75) is 25.2 Å². The van der Waals surface area contributed by atoms with Crippen molar-refractivity contribution in [3.05, 3.63) is 58.9 Å². The van der Waals surface area contributed by atoms with Crippen LogP contribution < -0.4 is 5.73 Å². The Morgan fingerprint density at radius 1 is 1.27 bits per heavy atom. The number of aromatic amines is 1. The molecule has 0 atom stereocenters. The largest absolute Gasteiger partial charge is 0.384 e. The highest BCUT2D eigenvalue weighted by Gasteiger charge is 2.24. The number of H-pyrrole nitrogens is 1. The second-order valence-corrected chi connectivity index (χ2v) is 7.29. The summed E-state index contributed by atoms with van der Waals surface area (Å²) in [6.45, 7) is 1.55. The molecule has 5 nitrogen and oxygen atoms in total. The first kappa shape index (κ1) is 16.9. The van der Waals surface area contributed by atoms with Crippen LogP contribution in [-0.4, -0.2) is 33.9 Å². The summed E-state index contributed by atoms with van der Waals surface area (Å²) in [5.74, 6) is 1.15. The highest BCUT2D eigenvalue weighted by Crippen LogP contribution is 2.29. The Labute approximate surface area is 157 Å². The fraction of sp³-hybridized carbons (Fsp3) is 0.300. The van der Waals surface area contributed by atoms with Crippen molar-refractivity contribution in [1.82, 2.24) is 14.9 Å². The van der Waals surface area contributed by atoms with E-state index in [4.69, 9.17) is 17.3 Å². The van der Waals surface area contributed by atoms with Crippen LogP contribution in [0.1, 0.15) is 29.9 Å². The Morgan fingerprint density at radius 3 is 2.81 bits per heavy atom. The number of benzene rings is 1. The van der Waals surface area contributed by atoms with Gasteiger partial charge in [-0.2, -0.15) is 0 Å². The van der Waals surface area contributed by atoms with Crippen LogP contribution in [0.4, 0.5) is 5.82 Å². The number of nitrogens with two attached hydrogens (primary N) is 1. The Balaban J connectivity index is 1.40. The number of aromatic nitrogens is 2. The maximum atomic E-state index is 12.7. The fourth-order valence-corrected chi connectivity index (χ4v) is 3.86. The zero-order valence-corrected chi connectivity index (χ0v) is 15.2. The summed E-state index contributed by atoms with van der Waals surface area (Å²) >= 11 is 6.09. The van der Waals surface area contributed by atoms with Gasteiger partial charge in [-0.05, 0) is 54.2 Å². The predicted molar refractivity (Wildman–Crippen MR) is 104 cm³/mol. The van der Waals surface area contributed by atoms with Crippen molar-refractivity contribution in [2.75, 3.05) is 18.8 Å². The Bertz CT molecular complexity index is 927. The number of nitrogen functional groups attached to an aromatic ring is 1. The quantitative estimate of drug-likeness (QED) is 0.739. The van der Waals surface area contributed by atoms with Crippen LogP contribution in [0.3, 0.4) is 0 Å². The minimum Gasteiger partial charge on any atom is -0.384 e. The number of nitrogens with zero attached hydrogens (tertiary/aromatic N) is 2. The number of halogens is 1. The van der Waals surface area contributed by atoms with Gasteiger partial charge in [-0.25, -0.2) is 4.98 Å². The number of hydrogen-bond acceptors (Lipinski definition) is 3. The number of carbonyl (C=O) groups is 1. The summed E-state index contributed by atoms with van der Waals surface area (Å²) in [6, 6.07) is 9.59. The van der Waals surface area contributed by atoms with Gasteiger partial charge < -0.3 is 15.6 Å². The van der Waals surface area contributed by atoms with E-state index in [0.717, 1.165) is 42.4 Å². The molecular weight excluding hydrogens is 348 g/mol. The fourth-order valence-electron chi connectivity index (χ4n) is 3.69. The number of carbonyl (C=O) groups excluding carboxylic acids is 1. The maximum Gasteiger partial charge on any atom is 0.227 e. The molecule has 4 rings (SSSR count).